The minimum Gasteiger partial charge on any atom is -0.334 e. The standard InChI is InChI=1S/C21H21ClN2O2/c1-13-8-14(2)19-10-17(21(26)23-20(19)9-13)12-24(15(3)25)11-16-4-6-18(22)7-5-16/h4-10H,11-12H2,1-3H3,(H,23,26). The molecule has 0 aliphatic rings. The Bertz CT molecular complexity index is 1020. The number of rotatable bonds is 4. The van der Waals surface area contributed by atoms with Crippen LogP contribution >= 0.6 is 11.6 Å². The molecule has 1 aromatic heterocycles. The van der Waals surface area contributed by atoms with Crippen molar-refractivity contribution in [2.75, 3.05) is 0 Å². The van der Waals surface area contributed by atoms with Gasteiger partial charge in [0.05, 0.1) is 6.54 Å². The molecular weight excluding hydrogens is 348 g/mol. The third-order valence-electron chi connectivity index (χ3n) is 4.48. The highest BCUT2D eigenvalue weighted by Crippen LogP contribution is 2.19. The van der Waals surface area contributed by atoms with E-state index in [0.717, 1.165) is 27.6 Å². The van der Waals surface area contributed by atoms with E-state index in [4.69, 9.17) is 11.6 Å². The molecule has 0 aliphatic heterocycles. The Labute approximate surface area is 157 Å². The summed E-state index contributed by atoms with van der Waals surface area (Å²) in [5.74, 6) is -0.0833. The van der Waals surface area contributed by atoms with Crippen molar-refractivity contribution in [3.05, 3.63) is 80.1 Å². The predicted molar refractivity (Wildman–Crippen MR) is 105 cm³/mol. The van der Waals surface area contributed by atoms with Crippen LogP contribution in [0.2, 0.25) is 5.02 Å². The number of aromatic nitrogens is 1. The van der Waals surface area contributed by atoms with Gasteiger partial charge in [0, 0.05) is 35.0 Å². The number of hydrogen-bond donors (Lipinski definition) is 1. The summed E-state index contributed by atoms with van der Waals surface area (Å²) in [6.07, 6.45) is 0. The second kappa shape index (κ2) is 7.34. The van der Waals surface area contributed by atoms with Crippen LogP contribution in [-0.4, -0.2) is 15.8 Å². The molecule has 0 saturated carbocycles. The summed E-state index contributed by atoms with van der Waals surface area (Å²) >= 11 is 5.92. The van der Waals surface area contributed by atoms with Crippen LogP contribution in [0.4, 0.5) is 0 Å². The molecule has 0 atom stereocenters. The number of fused-ring (bicyclic) bond motifs is 1. The largest absolute Gasteiger partial charge is 0.334 e. The number of nitrogens with zero attached hydrogens (tertiary/aromatic N) is 1. The Balaban J connectivity index is 1.94. The summed E-state index contributed by atoms with van der Waals surface area (Å²) in [7, 11) is 0. The highest BCUT2D eigenvalue weighted by atomic mass is 35.5. The first-order valence-corrected chi connectivity index (χ1v) is 8.84. The van der Waals surface area contributed by atoms with E-state index < -0.39 is 0 Å². The average molecular weight is 369 g/mol. The number of aromatic amines is 1. The average Bonchev–Trinajstić information content (AvgIpc) is 2.57. The van der Waals surface area contributed by atoms with Crippen LogP contribution in [0.3, 0.4) is 0 Å². The maximum Gasteiger partial charge on any atom is 0.253 e. The zero-order chi connectivity index (χ0) is 18.8. The van der Waals surface area contributed by atoms with Crippen LogP contribution in [0.1, 0.15) is 29.2 Å². The number of halogens is 1. The number of hydrogen-bond acceptors (Lipinski definition) is 2. The fourth-order valence-electron chi connectivity index (χ4n) is 3.13. The maximum atomic E-state index is 12.5. The number of H-pyrrole nitrogens is 1. The number of nitrogens with one attached hydrogen (secondary N) is 1. The lowest BCUT2D eigenvalue weighted by Crippen LogP contribution is -2.30. The zero-order valence-electron chi connectivity index (χ0n) is 15.1. The van der Waals surface area contributed by atoms with Crippen molar-refractivity contribution in [3.8, 4) is 0 Å². The van der Waals surface area contributed by atoms with E-state index in [1.54, 1.807) is 17.0 Å². The normalized spacial score (nSPS) is 10.9. The molecule has 5 heteroatoms. The molecule has 3 aromatic rings. The van der Waals surface area contributed by atoms with Crippen LogP contribution in [-0.2, 0) is 17.9 Å². The number of aryl methyl sites for hydroxylation is 2. The van der Waals surface area contributed by atoms with Crippen molar-refractivity contribution in [2.45, 2.75) is 33.9 Å². The Morgan fingerprint density at radius 2 is 1.77 bits per heavy atom. The number of benzene rings is 2. The summed E-state index contributed by atoms with van der Waals surface area (Å²) in [5, 5.41) is 1.65. The Kier molecular flexibility index (Phi) is 5.14. The van der Waals surface area contributed by atoms with Crippen molar-refractivity contribution in [2.24, 2.45) is 0 Å². The molecule has 4 nitrogen and oxygen atoms in total. The van der Waals surface area contributed by atoms with Gasteiger partial charge in [-0.3, -0.25) is 9.59 Å². The second-order valence-corrected chi connectivity index (χ2v) is 7.10. The summed E-state index contributed by atoms with van der Waals surface area (Å²) in [5.41, 5.74) is 4.41. The molecule has 0 aliphatic carbocycles. The molecule has 1 N–H and O–H groups in total. The van der Waals surface area contributed by atoms with E-state index in [1.165, 1.54) is 6.92 Å². The highest BCUT2D eigenvalue weighted by Gasteiger charge is 2.14. The molecule has 26 heavy (non-hydrogen) atoms. The van der Waals surface area contributed by atoms with E-state index >= 15 is 0 Å². The lowest BCUT2D eigenvalue weighted by atomic mass is 10.0. The zero-order valence-corrected chi connectivity index (χ0v) is 15.9. The highest BCUT2D eigenvalue weighted by molar-refractivity contribution is 6.30. The van der Waals surface area contributed by atoms with Crippen LogP contribution < -0.4 is 5.56 Å². The minimum absolute atomic E-state index is 0.0833. The van der Waals surface area contributed by atoms with Crippen molar-refractivity contribution >= 4 is 28.4 Å². The molecule has 0 bridgehead atoms. The lowest BCUT2D eigenvalue weighted by Gasteiger charge is -2.21. The van der Waals surface area contributed by atoms with Gasteiger partial charge >= 0.3 is 0 Å². The van der Waals surface area contributed by atoms with Gasteiger partial charge in [0.1, 0.15) is 0 Å². The predicted octanol–water partition coefficient (Wildman–Crippen LogP) is 4.35. The van der Waals surface area contributed by atoms with Crippen molar-refractivity contribution in [3.63, 3.8) is 0 Å². The van der Waals surface area contributed by atoms with E-state index in [2.05, 4.69) is 11.1 Å². The topological polar surface area (TPSA) is 53.2 Å². The molecule has 1 amide bonds. The van der Waals surface area contributed by atoms with Gasteiger partial charge in [-0.1, -0.05) is 29.8 Å². The van der Waals surface area contributed by atoms with Crippen LogP contribution in [0, 0.1) is 13.8 Å². The number of carbonyl (C=O) groups excluding carboxylic acids is 1. The van der Waals surface area contributed by atoms with E-state index in [0.29, 0.717) is 17.1 Å². The number of pyridine rings is 1. The van der Waals surface area contributed by atoms with E-state index in [1.807, 2.05) is 38.1 Å². The third kappa shape index (κ3) is 3.97. The number of carbonyl (C=O) groups is 1. The fraction of sp³-hybridized carbons (Fsp3) is 0.238. The molecule has 134 valence electrons. The van der Waals surface area contributed by atoms with Gasteiger partial charge in [0.2, 0.25) is 5.91 Å². The van der Waals surface area contributed by atoms with Gasteiger partial charge in [0.25, 0.3) is 5.56 Å². The van der Waals surface area contributed by atoms with Crippen molar-refractivity contribution in [1.29, 1.82) is 0 Å². The molecule has 1 heterocycles. The lowest BCUT2D eigenvalue weighted by molar-refractivity contribution is -0.130. The van der Waals surface area contributed by atoms with Gasteiger partial charge in [-0.05, 0) is 54.8 Å². The van der Waals surface area contributed by atoms with Gasteiger partial charge in [-0.2, -0.15) is 0 Å². The minimum atomic E-state index is -0.162. The van der Waals surface area contributed by atoms with Crippen LogP contribution in [0.15, 0.2) is 47.3 Å². The van der Waals surface area contributed by atoms with Gasteiger partial charge in [-0.25, -0.2) is 0 Å². The monoisotopic (exact) mass is 368 g/mol. The molecule has 0 saturated heterocycles. The van der Waals surface area contributed by atoms with Crippen LogP contribution in [0.25, 0.3) is 10.9 Å². The first kappa shape index (κ1) is 18.2. The second-order valence-electron chi connectivity index (χ2n) is 6.67. The third-order valence-corrected chi connectivity index (χ3v) is 4.73. The first-order valence-electron chi connectivity index (χ1n) is 8.46. The molecule has 0 unspecified atom stereocenters. The smallest absolute Gasteiger partial charge is 0.253 e. The maximum absolute atomic E-state index is 12.5. The van der Waals surface area contributed by atoms with Gasteiger partial charge in [0.15, 0.2) is 0 Å². The van der Waals surface area contributed by atoms with Crippen molar-refractivity contribution in [1.82, 2.24) is 9.88 Å². The van der Waals surface area contributed by atoms with E-state index in [-0.39, 0.29) is 18.0 Å². The molecule has 2 aromatic carbocycles. The Morgan fingerprint density at radius 3 is 2.42 bits per heavy atom. The molecular formula is C21H21ClN2O2. The fourth-order valence-corrected chi connectivity index (χ4v) is 3.25. The SMILES string of the molecule is CC(=O)N(Cc1ccc(Cl)cc1)Cc1cc2c(C)cc(C)cc2[nH]c1=O. The molecule has 0 fully saturated rings. The summed E-state index contributed by atoms with van der Waals surface area (Å²) in [4.78, 5) is 29.2. The van der Waals surface area contributed by atoms with Gasteiger partial charge in [-0.15, -0.1) is 0 Å². The van der Waals surface area contributed by atoms with Gasteiger partial charge < -0.3 is 9.88 Å². The quantitative estimate of drug-likeness (QED) is 0.744. The molecule has 3 rings (SSSR count). The summed E-state index contributed by atoms with van der Waals surface area (Å²) in [6.45, 7) is 6.23. The first-order chi connectivity index (χ1) is 12.3. The summed E-state index contributed by atoms with van der Waals surface area (Å²) < 4.78 is 0. The van der Waals surface area contributed by atoms with Crippen molar-refractivity contribution < 1.29 is 4.79 Å². The Morgan fingerprint density at radius 1 is 1.08 bits per heavy atom. The molecule has 0 spiro atoms. The molecule has 0 radical (unpaired) electrons. The number of amides is 1. The summed E-state index contributed by atoms with van der Waals surface area (Å²) in [6, 6.07) is 13.3. The van der Waals surface area contributed by atoms with E-state index in [9.17, 15) is 9.59 Å². The van der Waals surface area contributed by atoms with Crippen LogP contribution in [0.5, 0.6) is 0 Å². The Hall–Kier alpha value is -2.59.